The Bertz CT molecular complexity index is 552. The SMILES string of the molecule is C/C1=C\C(C)C[C@H](C)OC(=O)CCC2C=CCC3C(O)CCCO[C@@]123. The summed E-state index contributed by atoms with van der Waals surface area (Å²) in [5, 5.41) is 10.8. The van der Waals surface area contributed by atoms with Crippen LogP contribution in [-0.2, 0) is 14.3 Å². The zero-order valence-electron chi connectivity index (χ0n) is 15.7. The number of carbonyl (C=O) groups excluding carboxylic acids is 1. The first kappa shape index (κ1) is 18.7. The number of rotatable bonds is 0. The summed E-state index contributed by atoms with van der Waals surface area (Å²) < 4.78 is 12.1. The van der Waals surface area contributed by atoms with E-state index in [0.29, 0.717) is 25.4 Å². The minimum absolute atomic E-state index is 0.0580. The molecule has 0 aromatic heterocycles. The third-order valence-corrected chi connectivity index (χ3v) is 6.16. The molecule has 1 aliphatic carbocycles. The number of hydrogen-bond donors (Lipinski definition) is 1. The third kappa shape index (κ3) is 3.70. The van der Waals surface area contributed by atoms with E-state index < -0.39 is 5.60 Å². The molecule has 4 nitrogen and oxygen atoms in total. The maximum absolute atomic E-state index is 12.2. The lowest BCUT2D eigenvalue weighted by Gasteiger charge is -2.48. The Morgan fingerprint density at radius 2 is 2.08 bits per heavy atom. The Morgan fingerprint density at radius 1 is 1.28 bits per heavy atom. The van der Waals surface area contributed by atoms with Gasteiger partial charge < -0.3 is 14.6 Å². The van der Waals surface area contributed by atoms with Crippen molar-refractivity contribution in [2.24, 2.45) is 17.8 Å². The van der Waals surface area contributed by atoms with E-state index in [9.17, 15) is 9.90 Å². The van der Waals surface area contributed by atoms with Crippen LogP contribution in [-0.4, -0.2) is 35.5 Å². The molecule has 4 unspecified atom stereocenters. The molecule has 0 aromatic carbocycles. The second-order valence-corrected chi connectivity index (χ2v) is 8.13. The summed E-state index contributed by atoms with van der Waals surface area (Å²) in [6.45, 7) is 6.95. The Hall–Kier alpha value is -1.13. The molecule has 0 bridgehead atoms. The summed E-state index contributed by atoms with van der Waals surface area (Å²) >= 11 is 0. The fourth-order valence-electron chi connectivity index (χ4n) is 5.14. The molecule has 1 N–H and O–H groups in total. The zero-order chi connectivity index (χ0) is 18.0. The van der Waals surface area contributed by atoms with Crippen LogP contribution in [0.15, 0.2) is 23.8 Å². The van der Waals surface area contributed by atoms with Crippen LogP contribution in [0.1, 0.15) is 59.3 Å². The summed E-state index contributed by atoms with van der Waals surface area (Å²) in [6.07, 6.45) is 10.6. The van der Waals surface area contributed by atoms with Crippen molar-refractivity contribution in [3.8, 4) is 0 Å². The van der Waals surface area contributed by atoms with Crippen LogP contribution < -0.4 is 0 Å². The van der Waals surface area contributed by atoms with Crippen molar-refractivity contribution in [2.45, 2.75) is 77.1 Å². The van der Waals surface area contributed by atoms with E-state index in [1.54, 1.807) is 0 Å². The number of hydrogen-bond acceptors (Lipinski definition) is 4. The van der Waals surface area contributed by atoms with Crippen LogP contribution in [0.3, 0.4) is 0 Å². The molecule has 25 heavy (non-hydrogen) atoms. The Morgan fingerprint density at radius 3 is 2.88 bits per heavy atom. The summed E-state index contributed by atoms with van der Waals surface area (Å²) in [7, 11) is 0. The molecule has 0 saturated carbocycles. The minimum atomic E-state index is -0.493. The third-order valence-electron chi connectivity index (χ3n) is 6.16. The summed E-state index contributed by atoms with van der Waals surface area (Å²) in [6, 6.07) is 0. The number of carbonyl (C=O) groups is 1. The maximum atomic E-state index is 12.2. The van der Waals surface area contributed by atoms with Gasteiger partial charge in [0.1, 0.15) is 5.60 Å². The highest BCUT2D eigenvalue weighted by atomic mass is 16.5. The number of ether oxygens (including phenoxy) is 2. The second kappa shape index (κ2) is 7.63. The van der Waals surface area contributed by atoms with Gasteiger partial charge >= 0.3 is 5.97 Å². The molecule has 140 valence electrons. The van der Waals surface area contributed by atoms with Gasteiger partial charge in [-0.15, -0.1) is 0 Å². The molecule has 1 spiro atoms. The van der Waals surface area contributed by atoms with E-state index in [4.69, 9.17) is 9.47 Å². The topological polar surface area (TPSA) is 55.8 Å². The highest BCUT2D eigenvalue weighted by molar-refractivity contribution is 5.69. The first-order valence-corrected chi connectivity index (χ1v) is 9.80. The van der Waals surface area contributed by atoms with Gasteiger partial charge in [0, 0.05) is 24.9 Å². The van der Waals surface area contributed by atoms with Crippen molar-refractivity contribution < 1.29 is 19.4 Å². The quantitative estimate of drug-likeness (QED) is 0.534. The lowest BCUT2D eigenvalue weighted by atomic mass is 9.64. The van der Waals surface area contributed by atoms with Crippen LogP contribution in [0.2, 0.25) is 0 Å². The standard InChI is InChI=1S/C21H32O4/c1-14-12-15(2)21-17(9-10-20(23)25-16(3)13-14)6-4-7-18(21)19(22)8-5-11-24-21/h4,6,12,14,16-19,22H,5,7-11,13H2,1-3H3/b15-12+/t14?,16-,17?,18?,19?,21-/m0/s1. The number of aliphatic hydroxyl groups excluding tert-OH is 1. The second-order valence-electron chi connectivity index (χ2n) is 8.13. The molecule has 4 heteroatoms. The van der Waals surface area contributed by atoms with Crippen LogP contribution in [0.4, 0.5) is 0 Å². The molecule has 6 atom stereocenters. The number of cyclic esters (lactones) is 1. The first-order chi connectivity index (χ1) is 11.9. The molecule has 0 radical (unpaired) electrons. The fraction of sp³-hybridized carbons (Fsp3) is 0.762. The Balaban J connectivity index is 2.05. The van der Waals surface area contributed by atoms with Gasteiger partial charge in [-0.1, -0.05) is 25.2 Å². The van der Waals surface area contributed by atoms with Gasteiger partial charge in [0.25, 0.3) is 0 Å². The largest absolute Gasteiger partial charge is 0.463 e. The Labute approximate surface area is 151 Å². The van der Waals surface area contributed by atoms with Crippen molar-refractivity contribution in [3.63, 3.8) is 0 Å². The number of aliphatic hydroxyl groups is 1. The Kier molecular flexibility index (Phi) is 5.69. The fourth-order valence-corrected chi connectivity index (χ4v) is 5.14. The van der Waals surface area contributed by atoms with E-state index in [-0.39, 0.29) is 30.0 Å². The van der Waals surface area contributed by atoms with Gasteiger partial charge in [-0.05, 0) is 57.4 Å². The predicted molar refractivity (Wildman–Crippen MR) is 97.0 cm³/mol. The molecule has 1 saturated heterocycles. The normalized spacial score (nSPS) is 45.0. The van der Waals surface area contributed by atoms with Crippen LogP contribution in [0, 0.1) is 17.8 Å². The zero-order valence-corrected chi connectivity index (χ0v) is 15.7. The maximum Gasteiger partial charge on any atom is 0.306 e. The van der Waals surface area contributed by atoms with Gasteiger partial charge in [-0.25, -0.2) is 0 Å². The summed E-state index contributed by atoms with van der Waals surface area (Å²) in [5.41, 5.74) is 0.717. The van der Waals surface area contributed by atoms with Gasteiger partial charge in [-0.2, -0.15) is 0 Å². The molecule has 2 heterocycles. The van der Waals surface area contributed by atoms with E-state index in [0.717, 1.165) is 25.7 Å². The highest BCUT2D eigenvalue weighted by Gasteiger charge is 2.51. The van der Waals surface area contributed by atoms with E-state index in [1.807, 2.05) is 6.92 Å². The van der Waals surface area contributed by atoms with Crippen molar-refractivity contribution >= 4 is 5.97 Å². The van der Waals surface area contributed by atoms with Crippen LogP contribution >= 0.6 is 0 Å². The van der Waals surface area contributed by atoms with Gasteiger partial charge in [0.05, 0.1) is 12.2 Å². The van der Waals surface area contributed by atoms with Crippen LogP contribution in [0.25, 0.3) is 0 Å². The van der Waals surface area contributed by atoms with Gasteiger partial charge in [-0.3, -0.25) is 4.79 Å². The molecule has 0 aromatic rings. The van der Waals surface area contributed by atoms with Crippen molar-refractivity contribution in [1.82, 2.24) is 0 Å². The van der Waals surface area contributed by atoms with Crippen LogP contribution in [0.5, 0.6) is 0 Å². The van der Waals surface area contributed by atoms with Crippen molar-refractivity contribution in [2.75, 3.05) is 6.61 Å². The number of esters is 1. The van der Waals surface area contributed by atoms with E-state index in [2.05, 4.69) is 32.1 Å². The molecule has 1 fully saturated rings. The minimum Gasteiger partial charge on any atom is -0.463 e. The van der Waals surface area contributed by atoms with Crippen molar-refractivity contribution in [3.05, 3.63) is 23.8 Å². The molecular weight excluding hydrogens is 316 g/mol. The highest BCUT2D eigenvalue weighted by Crippen LogP contribution is 2.49. The molecule has 3 rings (SSSR count). The monoisotopic (exact) mass is 348 g/mol. The molecule has 2 aliphatic heterocycles. The lowest BCUT2D eigenvalue weighted by Crippen LogP contribution is -2.53. The van der Waals surface area contributed by atoms with E-state index in [1.165, 1.54) is 5.57 Å². The van der Waals surface area contributed by atoms with Crippen molar-refractivity contribution in [1.29, 1.82) is 0 Å². The smallest absolute Gasteiger partial charge is 0.306 e. The summed E-state index contributed by atoms with van der Waals surface area (Å²) in [4.78, 5) is 12.2. The van der Waals surface area contributed by atoms with Gasteiger partial charge in [0.15, 0.2) is 0 Å². The lowest BCUT2D eigenvalue weighted by molar-refractivity contribution is -0.150. The van der Waals surface area contributed by atoms with Gasteiger partial charge in [0.2, 0.25) is 0 Å². The average molecular weight is 348 g/mol. The summed E-state index contributed by atoms with van der Waals surface area (Å²) in [5.74, 6) is 0.330. The average Bonchev–Trinajstić information content (AvgIpc) is 2.72. The van der Waals surface area contributed by atoms with E-state index >= 15 is 0 Å². The predicted octanol–water partition coefficient (Wildman–Crippen LogP) is 3.79. The molecule has 3 aliphatic rings. The molecular formula is C21H32O4. The molecule has 0 amide bonds. The number of allylic oxidation sites excluding steroid dienone is 2. The first-order valence-electron chi connectivity index (χ1n) is 9.80.